The number of hydrogen-bond acceptors (Lipinski definition) is 2. The maximum atomic E-state index is 11.2. The molecule has 1 amide bonds. The fourth-order valence-corrected chi connectivity index (χ4v) is 0.928. The van der Waals surface area contributed by atoms with Crippen molar-refractivity contribution in [3.05, 3.63) is 0 Å². The van der Waals surface area contributed by atoms with E-state index in [0.29, 0.717) is 0 Å². The highest BCUT2D eigenvalue weighted by Gasteiger charge is 2.38. The first-order valence-corrected chi connectivity index (χ1v) is 4.44. The number of rotatable bonds is 4. The molecule has 1 N–H and O–H groups in total. The second-order valence-corrected chi connectivity index (χ2v) is 3.97. The number of amides is 1. The Labute approximate surface area is 73.5 Å². The molecule has 0 aliphatic heterocycles. The van der Waals surface area contributed by atoms with Crippen molar-refractivity contribution in [1.29, 1.82) is 0 Å². The van der Waals surface area contributed by atoms with Crippen LogP contribution in [0.25, 0.3) is 0 Å². The summed E-state index contributed by atoms with van der Waals surface area (Å²) in [5.41, 5.74) is 0.0808. The van der Waals surface area contributed by atoms with Gasteiger partial charge in [0.2, 0.25) is 5.91 Å². The number of hydrogen-bond donors (Lipinski definition) is 1. The minimum Gasteiger partial charge on any atom is -0.369 e. The van der Waals surface area contributed by atoms with E-state index in [1.807, 2.05) is 13.8 Å². The fourth-order valence-electron chi connectivity index (χ4n) is 0.928. The third kappa shape index (κ3) is 3.22. The minimum absolute atomic E-state index is 0.00343. The Morgan fingerprint density at radius 3 is 2.58 bits per heavy atom. The molecule has 0 aromatic heterocycles. The molecule has 0 aromatic rings. The van der Waals surface area contributed by atoms with Crippen molar-refractivity contribution in [1.82, 2.24) is 5.32 Å². The quantitative estimate of drug-likeness (QED) is 0.687. The second kappa shape index (κ2) is 3.44. The molecule has 1 saturated carbocycles. The molecule has 0 atom stereocenters. The molecule has 0 spiro atoms. The predicted octanol–water partition coefficient (Wildman–Crippen LogP) is 1.08. The van der Waals surface area contributed by atoms with Gasteiger partial charge < -0.3 is 10.1 Å². The summed E-state index contributed by atoms with van der Waals surface area (Å²) in [6.45, 7) is 6.09. The van der Waals surface area contributed by atoms with Crippen LogP contribution < -0.4 is 5.32 Å². The molecule has 0 radical (unpaired) electrons. The Morgan fingerprint density at radius 1 is 1.58 bits per heavy atom. The van der Waals surface area contributed by atoms with E-state index in [4.69, 9.17) is 4.74 Å². The first-order valence-electron chi connectivity index (χ1n) is 4.44. The highest BCUT2D eigenvalue weighted by atomic mass is 16.5. The summed E-state index contributed by atoms with van der Waals surface area (Å²) in [5, 5.41) is 2.92. The normalized spacial score (nSPS) is 19.3. The van der Waals surface area contributed by atoms with Gasteiger partial charge in [0.05, 0.1) is 6.10 Å². The molecule has 1 aliphatic rings. The summed E-state index contributed by atoms with van der Waals surface area (Å²) in [4.78, 5) is 11.2. The van der Waals surface area contributed by atoms with E-state index < -0.39 is 0 Å². The molecule has 1 fully saturated rings. The maximum Gasteiger partial charge on any atom is 0.246 e. The Balaban J connectivity index is 2.12. The average molecular weight is 171 g/mol. The van der Waals surface area contributed by atoms with Gasteiger partial charge in [-0.3, -0.25) is 4.79 Å². The van der Waals surface area contributed by atoms with Gasteiger partial charge in [-0.1, -0.05) is 0 Å². The van der Waals surface area contributed by atoms with Crippen LogP contribution in [0.1, 0.15) is 33.6 Å². The van der Waals surface area contributed by atoms with Crippen molar-refractivity contribution in [2.75, 3.05) is 6.61 Å². The number of carbonyl (C=O) groups excluding carboxylic acids is 1. The highest BCUT2D eigenvalue weighted by Crippen LogP contribution is 2.33. The molecule has 3 nitrogen and oxygen atoms in total. The van der Waals surface area contributed by atoms with E-state index in [1.165, 1.54) is 0 Å². The van der Waals surface area contributed by atoms with Gasteiger partial charge in [-0.25, -0.2) is 0 Å². The molecule has 70 valence electrons. The zero-order valence-corrected chi connectivity index (χ0v) is 8.02. The third-order valence-electron chi connectivity index (χ3n) is 1.99. The summed E-state index contributed by atoms with van der Waals surface area (Å²) in [7, 11) is 0. The predicted molar refractivity (Wildman–Crippen MR) is 46.9 cm³/mol. The zero-order chi connectivity index (χ0) is 9.19. The smallest absolute Gasteiger partial charge is 0.246 e. The average Bonchev–Trinajstić information content (AvgIpc) is 2.64. The molecule has 0 unspecified atom stereocenters. The zero-order valence-electron chi connectivity index (χ0n) is 8.02. The van der Waals surface area contributed by atoms with Crippen LogP contribution in [0.15, 0.2) is 0 Å². The lowest BCUT2D eigenvalue weighted by Gasteiger charge is -2.12. The van der Waals surface area contributed by atoms with Crippen LogP contribution in [-0.4, -0.2) is 24.2 Å². The largest absolute Gasteiger partial charge is 0.369 e. The lowest BCUT2D eigenvalue weighted by Crippen LogP contribution is -2.37. The maximum absolute atomic E-state index is 11.2. The molecule has 12 heavy (non-hydrogen) atoms. The summed E-state index contributed by atoms with van der Waals surface area (Å²) in [6.07, 6.45) is 2.32. The van der Waals surface area contributed by atoms with Crippen LogP contribution in [-0.2, 0) is 9.53 Å². The van der Waals surface area contributed by atoms with Gasteiger partial charge in [0, 0.05) is 5.54 Å². The van der Waals surface area contributed by atoms with Gasteiger partial charge >= 0.3 is 0 Å². The summed E-state index contributed by atoms with van der Waals surface area (Å²) < 4.78 is 5.17. The molecule has 0 saturated heterocycles. The lowest BCUT2D eigenvalue weighted by molar-refractivity contribution is -0.127. The van der Waals surface area contributed by atoms with Crippen LogP contribution in [0.5, 0.6) is 0 Å². The monoisotopic (exact) mass is 171 g/mol. The SMILES string of the molecule is CC(C)OCC(=O)NC1(C)CC1. The van der Waals surface area contributed by atoms with Crippen molar-refractivity contribution < 1.29 is 9.53 Å². The fraction of sp³-hybridized carbons (Fsp3) is 0.889. The topological polar surface area (TPSA) is 38.3 Å². The van der Waals surface area contributed by atoms with Crippen molar-refractivity contribution in [3.63, 3.8) is 0 Å². The Bertz CT molecular complexity index is 173. The van der Waals surface area contributed by atoms with Crippen molar-refractivity contribution in [2.24, 2.45) is 0 Å². The molecular weight excluding hydrogens is 154 g/mol. The first-order chi connectivity index (χ1) is 5.52. The van der Waals surface area contributed by atoms with E-state index in [2.05, 4.69) is 12.2 Å². The van der Waals surface area contributed by atoms with Crippen LogP contribution in [0.4, 0.5) is 0 Å². The van der Waals surface area contributed by atoms with Gasteiger partial charge in [-0.15, -0.1) is 0 Å². The molecule has 3 heteroatoms. The Hall–Kier alpha value is -0.570. The van der Waals surface area contributed by atoms with Crippen LogP contribution in [0.3, 0.4) is 0 Å². The molecule has 1 rings (SSSR count). The number of carbonyl (C=O) groups is 1. The van der Waals surface area contributed by atoms with Gasteiger partial charge in [-0.05, 0) is 33.6 Å². The van der Waals surface area contributed by atoms with Gasteiger partial charge in [0.1, 0.15) is 6.61 Å². The van der Waals surface area contributed by atoms with Gasteiger partial charge in [0.25, 0.3) is 0 Å². The van der Waals surface area contributed by atoms with Crippen molar-refractivity contribution in [3.8, 4) is 0 Å². The van der Waals surface area contributed by atoms with Crippen molar-refractivity contribution >= 4 is 5.91 Å². The van der Waals surface area contributed by atoms with E-state index in [1.54, 1.807) is 0 Å². The standard InChI is InChI=1S/C9H17NO2/c1-7(2)12-6-8(11)10-9(3)4-5-9/h7H,4-6H2,1-3H3,(H,10,11). The summed E-state index contributed by atoms with van der Waals surface area (Å²) in [5.74, 6) is 0.00343. The minimum atomic E-state index is 0.00343. The van der Waals surface area contributed by atoms with Gasteiger partial charge in [0.15, 0.2) is 0 Å². The van der Waals surface area contributed by atoms with Crippen LogP contribution in [0.2, 0.25) is 0 Å². The van der Waals surface area contributed by atoms with E-state index in [-0.39, 0.29) is 24.2 Å². The summed E-state index contributed by atoms with van der Waals surface area (Å²) in [6, 6.07) is 0. The third-order valence-corrected chi connectivity index (χ3v) is 1.99. The van der Waals surface area contributed by atoms with Crippen LogP contribution >= 0.6 is 0 Å². The van der Waals surface area contributed by atoms with Crippen molar-refractivity contribution in [2.45, 2.75) is 45.3 Å². The molecule has 0 heterocycles. The first kappa shape index (κ1) is 9.52. The van der Waals surface area contributed by atoms with E-state index >= 15 is 0 Å². The highest BCUT2D eigenvalue weighted by molar-refractivity contribution is 5.78. The Kier molecular flexibility index (Phi) is 2.73. The molecule has 0 aromatic carbocycles. The van der Waals surface area contributed by atoms with E-state index in [9.17, 15) is 4.79 Å². The van der Waals surface area contributed by atoms with Gasteiger partial charge in [-0.2, -0.15) is 0 Å². The Morgan fingerprint density at radius 2 is 2.17 bits per heavy atom. The lowest BCUT2D eigenvalue weighted by atomic mass is 10.3. The number of nitrogens with one attached hydrogen (secondary N) is 1. The number of ether oxygens (including phenoxy) is 1. The molecule has 1 aliphatic carbocycles. The van der Waals surface area contributed by atoms with E-state index in [0.717, 1.165) is 12.8 Å². The van der Waals surface area contributed by atoms with Crippen LogP contribution in [0, 0.1) is 0 Å². The second-order valence-electron chi connectivity index (χ2n) is 3.97. The molecule has 0 bridgehead atoms. The summed E-state index contributed by atoms with van der Waals surface area (Å²) >= 11 is 0. The molecular formula is C9H17NO2.